The Bertz CT molecular complexity index is 253. The van der Waals surface area contributed by atoms with E-state index in [2.05, 4.69) is 0 Å². The van der Waals surface area contributed by atoms with Gasteiger partial charge < -0.3 is 5.11 Å². The molecule has 1 fully saturated rings. The molecule has 0 aromatic heterocycles. The minimum atomic E-state index is -1.11. The van der Waals surface area contributed by atoms with Gasteiger partial charge in [-0.1, -0.05) is 26.0 Å². The first kappa shape index (κ1) is 10.1. The molecule has 0 amide bonds. The van der Waals surface area contributed by atoms with E-state index < -0.39 is 12.0 Å². The van der Waals surface area contributed by atoms with Crippen LogP contribution in [0.25, 0.3) is 0 Å². The van der Waals surface area contributed by atoms with Crippen LogP contribution in [-0.2, 0) is 9.59 Å². The molecule has 0 radical (unpaired) electrons. The average Bonchev–Trinajstić information content (AvgIpc) is 2.24. The Morgan fingerprint density at radius 1 is 1.38 bits per heavy atom. The molecule has 0 spiro atoms. The van der Waals surface area contributed by atoms with Crippen molar-refractivity contribution in [1.82, 2.24) is 0 Å². The Hall–Kier alpha value is -0.960. The zero-order chi connectivity index (χ0) is 10.0. The molecule has 0 aromatic carbocycles. The third kappa shape index (κ3) is 2.25. The molecular weight excluding hydrogens is 168 g/mol. The van der Waals surface area contributed by atoms with Gasteiger partial charge in [0.05, 0.1) is 12.3 Å². The molecule has 0 saturated heterocycles. The van der Waals surface area contributed by atoms with Crippen LogP contribution in [0.3, 0.4) is 0 Å². The van der Waals surface area contributed by atoms with Crippen LogP contribution < -0.4 is 0 Å². The quantitative estimate of drug-likeness (QED) is 0.505. The number of hydrogen-bond donors (Lipinski definition) is 1. The Morgan fingerprint density at radius 2 is 2.00 bits per heavy atom. The lowest BCUT2D eigenvalue weighted by atomic mass is 10.0. The fourth-order valence-electron chi connectivity index (χ4n) is 1.32. The van der Waals surface area contributed by atoms with Gasteiger partial charge >= 0.3 is 0 Å². The third-order valence-corrected chi connectivity index (χ3v) is 2.09. The highest BCUT2D eigenvalue weighted by Crippen LogP contribution is 2.20. The summed E-state index contributed by atoms with van der Waals surface area (Å²) < 4.78 is 0. The van der Waals surface area contributed by atoms with Crippen LogP contribution in [0.5, 0.6) is 0 Å². The SMILES string of the molecule is CC(C)C=CC1C(=O)CC(=O)C1O. The van der Waals surface area contributed by atoms with E-state index in [1.807, 2.05) is 19.9 Å². The Kier molecular flexibility index (Phi) is 2.98. The highest BCUT2D eigenvalue weighted by molar-refractivity contribution is 6.10. The number of aliphatic hydroxyl groups is 1. The molecule has 1 saturated carbocycles. The van der Waals surface area contributed by atoms with E-state index in [0.717, 1.165) is 0 Å². The van der Waals surface area contributed by atoms with Gasteiger partial charge in [0.2, 0.25) is 0 Å². The van der Waals surface area contributed by atoms with Crippen molar-refractivity contribution in [2.24, 2.45) is 11.8 Å². The first-order valence-electron chi connectivity index (χ1n) is 4.44. The van der Waals surface area contributed by atoms with Crippen LogP contribution in [0.4, 0.5) is 0 Å². The van der Waals surface area contributed by atoms with E-state index in [1.54, 1.807) is 6.08 Å². The summed E-state index contributed by atoms with van der Waals surface area (Å²) in [6.07, 6.45) is 2.25. The molecule has 0 aromatic rings. The number of allylic oxidation sites excluding steroid dienone is 1. The molecule has 72 valence electrons. The molecule has 2 atom stereocenters. The molecule has 0 heterocycles. The topological polar surface area (TPSA) is 54.4 Å². The van der Waals surface area contributed by atoms with Gasteiger partial charge in [0.15, 0.2) is 5.78 Å². The summed E-state index contributed by atoms with van der Waals surface area (Å²) in [5.74, 6) is -0.802. The molecule has 13 heavy (non-hydrogen) atoms. The summed E-state index contributed by atoms with van der Waals surface area (Å²) in [5, 5.41) is 9.32. The van der Waals surface area contributed by atoms with Crippen molar-refractivity contribution in [1.29, 1.82) is 0 Å². The van der Waals surface area contributed by atoms with Gasteiger partial charge in [-0.3, -0.25) is 9.59 Å². The fourth-order valence-corrected chi connectivity index (χ4v) is 1.32. The first-order chi connectivity index (χ1) is 6.02. The minimum Gasteiger partial charge on any atom is -0.384 e. The summed E-state index contributed by atoms with van der Waals surface area (Å²) in [6, 6.07) is 0. The summed E-state index contributed by atoms with van der Waals surface area (Å²) >= 11 is 0. The summed E-state index contributed by atoms with van der Waals surface area (Å²) in [5.41, 5.74) is 0. The van der Waals surface area contributed by atoms with Crippen LogP contribution in [0.2, 0.25) is 0 Å². The number of Topliss-reactive ketones (excluding diaryl/α,β-unsaturated/α-hetero) is 2. The maximum absolute atomic E-state index is 11.2. The normalized spacial score (nSPS) is 29.5. The van der Waals surface area contributed by atoms with E-state index in [1.165, 1.54) is 0 Å². The van der Waals surface area contributed by atoms with Gasteiger partial charge in [-0.25, -0.2) is 0 Å². The molecule has 1 aliphatic rings. The van der Waals surface area contributed by atoms with Gasteiger partial charge in [-0.2, -0.15) is 0 Å². The Balaban J connectivity index is 2.69. The smallest absolute Gasteiger partial charge is 0.169 e. The first-order valence-corrected chi connectivity index (χ1v) is 4.44. The second-order valence-corrected chi connectivity index (χ2v) is 3.71. The van der Waals surface area contributed by atoms with E-state index in [9.17, 15) is 14.7 Å². The van der Waals surface area contributed by atoms with Crippen molar-refractivity contribution in [2.75, 3.05) is 0 Å². The van der Waals surface area contributed by atoms with Crippen LogP contribution in [0.15, 0.2) is 12.2 Å². The van der Waals surface area contributed by atoms with E-state index in [0.29, 0.717) is 5.92 Å². The molecule has 0 bridgehead atoms. The van der Waals surface area contributed by atoms with E-state index >= 15 is 0 Å². The third-order valence-electron chi connectivity index (χ3n) is 2.09. The maximum Gasteiger partial charge on any atom is 0.169 e. The highest BCUT2D eigenvalue weighted by Gasteiger charge is 2.38. The van der Waals surface area contributed by atoms with Gasteiger partial charge in [0.1, 0.15) is 11.9 Å². The average molecular weight is 182 g/mol. The van der Waals surface area contributed by atoms with Crippen molar-refractivity contribution in [3.8, 4) is 0 Å². The fraction of sp³-hybridized carbons (Fsp3) is 0.600. The van der Waals surface area contributed by atoms with Crippen molar-refractivity contribution in [3.63, 3.8) is 0 Å². The van der Waals surface area contributed by atoms with Crippen molar-refractivity contribution in [2.45, 2.75) is 26.4 Å². The summed E-state index contributed by atoms with van der Waals surface area (Å²) in [4.78, 5) is 22.1. The lowest BCUT2D eigenvalue weighted by Gasteiger charge is -2.06. The van der Waals surface area contributed by atoms with Crippen molar-refractivity contribution >= 4 is 11.6 Å². The second-order valence-electron chi connectivity index (χ2n) is 3.71. The van der Waals surface area contributed by atoms with Gasteiger partial charge in [0, 0.05) is 0 Å². The lowest BCUT2D eigenvalue weighted by Crippen LogP contribution is -2.21. The Morgan fingerprint density at radius 3 is 2.38 bits per heavy atom. The highest BCUT2D eigenvalue weighted by atomic mass is 16.3. The van der Waals surface area contributed by atoms with Crippen molar-refractivity contribution < 1.29 is 14.7 Å². The van der Waals surface area contributed by atoms with Gasteiger partial charge in [-0.15, -0.1) is 0 Å². The molecule has 1 N–H and O–H groups in total. The van der Waals surface area contributed by atoms with E-state index in [-0.39, 0.29) is 18.0 Å². The summed E-state index contributed by atoms with van der Waals surface area (Å²) in [7, 11) is 0. The molecule has 0 aliphatic heterocycles. The number of carbonyl (C=O) groups is 2. The predicted molar refractivity (Wildman–Crippen MR) is 48.1 cm³/mol. The molecule has 3 nitrogen and oxygen atoms in total. The molecule has 1 aliphatic carbocycles. The molecule has 2 unspecified atom stereocenters. The number of ketones is 2. The zero-order valence-corrected chi connectivity index (χ0v) is 7.86. The number of aliphatic hydroxyl groups excluding tert-OH is 1. The number of carbonyl (C=O) groups excluding carboxylic acids is 2. The van der Waals surface area contributed by atoms with Gasteiger partial charge in [-0.05, 0) is 5.92 Å². The Labute approximate surface area is 77.4 Å². The van der Waals surface area contributed by atoms with Crippen LogP contribution in [0, 0.1) is 11.8 Å². The standard InChI is InChI=1S/C10H14O3/c1-6(2)3-4-7-8(11)5-9(12)10(7)13/h3-4,6-7,10,13H,5H2,1-2H3. The molecule has 3 heteroatoms. The predicted octanol–water partition coefficient (Wildman–Crippen LogP) is 0.718. The zero-order valence-electron chi connectivity index (χ0n) is 7.86. The molecular formula is C10H14O3. The van der Waals surface area contributed by atoms with Crippen molar-refractivity contribution in [3.05, 3.63) is 12.2 Å². The summed E-state index contributed by atoms with van der Waals surface area (Å²) in [6.45, 7) is 3.95. The monoisotopic (exact) mass is 182 g/mol. The number of rotatable bonds is 2. The van der Waals surface area contributed by atoms with E-state index in [4.69, 9.17) is 0 Å². The maximum atomic E-state index is 11.2. The minimum absolute atomic E-state index is 0.117. The van der Waals surface area contributed by atoms with Crippen LogP contribution in [-0.4, -0.2) is 22.8 Å². The number of hydrogen-bond acceptors (Lipinski definition) is 3. The lowest BCUT2D eigenvalue weighted by molar-refractivity contribution is -0.125. The van der Waals surface area contributed by atoms with Crippen LogP contribution >= 0.6 is 0 Å². The molecule has 1 rings (SSSR count). The second kappa shape index (κ2) is 3.83. The van der Waals surface area contributed by atoms with Gasteiger partial charge in [0.25, 0.3) is 0 Å². The largest absolute Gasteiger partial charge is 0.384 e. The van der Waals surface area contributed by atoms with Crippen LogP contribution in [0.1, 0.15) is 20.3 Å².